The van der Waals surface area contributed by atoms with Gasteiger partial charge < -0.3 is 5.32 Å². The predicted molar refractivity (Wildman–Crippen MR) is 146 cm³/mol. The van der Waals surface area contributed by atoms with Gasteiger partial charge in [0.2, 0.25) is 5.91 Å². The number of rotatable bonds is 10. The number of anilines is 3. The molecular formula is C26H22N4O7S2. The summed E-state index contributed by atoms with van der Waals surface area (Å²) in [5, 5.41) is 14.0. The minimum atomic E-state index is -4.53. The van der Waals surface area contributed by atoms with Gasteiger partial charge in [0.05, 0.1) is 15.5 Å². The zero-order chi connectivity index (χ0) is 28.0. The molecule has 0 bridgehead atoms. The van der Waals surface area contributed by atoms with Gasteiger partial charge in [0.15, 0.2) is 4.90 Å². The van der Waals surface area contributed by atoms with Gasteiger partial charge in [-0.3, -0.25) is 23.9 Å². The van der Waals surface area contributed by atoms with Gasteiger partial charge in [-0.1, -0.05) is 48.5 Å². The molecule has 0 saturated heterocycles. The first-order chi connectivity index (χ1) is 18.6. The van der Waals surface area contributed by atoms with Crippen molar-refractivity contribution < 1.29 is 26.6 Å². The molecule has 0 aliphatic carbocycles. The van der Waals surface area contributed by atoms with E-state index in [4.69, 9.17) is 0 Å². The second-order valence-corrected chi connectivity index (χ2v) is 11.6. The average molecular weight is 567 g/mol. The van der Waals surface area contributed by atoms with Crippen molar-refractivity contribution in [3.8, 4) is 0 Å². The van der Waals surface area contributed by atoms with E-state index in [0.717, 1.165) is 16.4 Å². The first-order valence-corrected chi connectivity index (χ1v) is 14.3. The standard InChI is InChI=1S/C26H22N4O7S2/c31-26(27-20-15-17-23(18-16-20)38(34,35)28-21-9-3-1-4-10-21)19-29(22-11-5-2-6-12-22)39(36,37)25-14-8-7-13-24(25)30(32)33/h1-18,28H,19H2,(H,27,31). The molecule has 4 aromatic rings. The summed E-state index contributed by atoms with van der Waals surface area (Å²) in [5.41, 5.74) is 0.101. The lowest BCUT2D eigenvalue weighted by molar-refractivity contribution is -0.387. The van der Waals surface area contributed by atoms with E-state index in [-0.39, 0.29) is 16.3 Å². The molecule has 0 aromatic heterocycles. The molecule has 0 unspecified atom stereocenters. The summed E-state index contributed by atoms with van der Waals surface area (Å²) in [6.45, 7) is -0.700. The number of benzene rings is 4. The smallest absolute Gasteiger partial charge is 0.289 e. The third-order valence-corrected chi connectivity index (χ3v) is 8.65. The van der Waals surface area contributed by atoms with Gasteiger partial charge in [-0.15, -0.1) is 0 Å². The van der Waals surface area contributed by atoms with Crippen LogP contribution in [0.2, 0.25) is 0 Å². The van der Waals surface area contributed by atoms with Gasteiger partial charge in [-0.25, -0.2) is 16.8 Å². The van der Waals surface area contributed by atoms with Crippen molar-refractivity contribution in [1.29, 1.82) is 0 Å². The van der Waals surface area contributed by atoms with E-state index in [1.165, 1.54) is 48.5 Å². The van der Waals surface area contributed by atoms with Gasteiger partial charge in [0, 0.05) is 17.4 Å². The Hall–Kier alpha value is -4.75. The van der Waals surface area contributed by atoms with Gasteiger partial charge in [0.25, 0.3) is 25.7 Å². The van der Waals surface area contributed by atoms with Crippen LogP contribution < -0.4 is 14.3 Å². The maximum atomic E-state index is 13.5. The SMILES string of the molecule is O=C(CN(c1ccccc1)S(=O)(=O)c1ccccc1[N+](=O)[O-])Nc1ccc(S(=O)(=O)Nc2ccccc2)cc1. The topological polar surface area (TPSA) is 156 Å². The minimum Gasteiger partial charge on any atom is -0.325 e. The van der Waals surface area contributed by atoms with E-state index in [1.807, 2.05) is 0 Å². The Kier molecular flexibility index (Phi) is 7.93. The highest BCUT2D eigenvalue weighted by Gasteiger charge is 2.33. The minimum absolute atomic E-state index is 0.0470. The molecule has 2 N–H and O–H groups in total. The Morgan fingerprint density at radius 2 is 1.31 bits per heavy atom. The molecular weight excluding hydrogens is 544 g/mol. The molecule has 0 atom stereocenters. The zero-order valence-corrected chi connectivity index (χ0v) is 21.8. The number of amides is 1. The van der Waals surface area contributed by atoms with Gasteiger partial charge in [0.1, 0.15) is 6.54 Å². The highest BCUT2D eigenvalue weighted by atomic mass is 32.2. The number of carbonyl (C=O) groups excluding carboxylic acids is 1. The molecule has 1 amide bonds. The number of nitrogens with zero attached hydrogens (tertiary/aromatic N) is 2. The first kappa shape index (κ1) is 27.3. The van der Waals surface area contributed by atoms with Crippen LogP contribution >= 0.6 is 0 Å². The average Bonchev–Trinajstić information content (AvgIpc) is 2.92. The summed E-state index contributed by atoms with van der Waals surface area (Å²) in [5.74, 6) is -0.751. The number of nitrogens with one attached hydrogen (secondary N) is 2. The van der Waals surface area contributed by atoms with E-state index in [9.17, 15) is 31.7 Å². The van der Waals surface area contributed by atoms with E-state index in [1.54, 1.807) is 48.5 Å². The summed E-state index contributed by atoms with van der Waals surface area (Å²) in [6.07, 6.45) is 0. The molecule has 0 fully saturated rings. The number of para-hydroxylation sites is 3. The fourth-order valence-corrected chi connectivity index (χ4v) is 6.26. The summed E-state index contributed by atoms with van der Waals surface area (Å²) in [4.78, 5) is 23.0. The Labute approximate surface area is 225 Å². The largest absolute Gasteiger partial charge is 0.325 e. The highest BCUT2D eigenvalue weighted by Crippen LogP contribution is 2.29. The van der Waals surface area contributed by atoms with Crippen LogP contribution in [0.1, 0.15) is 0 Å². The van der Waals surface area contributed by atoms with E-state index < -0.39 is 48.0 Å². The van der Waals surface area contributed by atoms with Gasteiger partial charge in [-0.2, -0.15) is 0 Å². The molecule has 39 heavy (non-hydrogen) atoms. The van der Waals surface area contributed by atoms with Crippen LogP contribution in [0.4, 0.5) is 22.7 Å². The summed E-state index contributed by atoms with van der Waals surface area (Å²) < 4.78 is 55.5. The zero-order valence-electron chi connectivity index (χ0n) is 20.2. The summed E-state index contributed by atoms with van der Waals surface area (Å²) in [6, 6.07) is 26.2. The highest BCUT2D eigenvalue weighted by molar-refractivity contribution is 7.93. The maximum Gasteiger partial charge on any atom is 0.289 e. The van der Waals surface area contributed by atoms with E-state index >= 15 is 0 Å². The third kappa shape index (κ3) is 6.40. The molecule has 0 spiro atoms. The molecule has 4 aromatic carbocycles. The number of nitro groups is 1. The Balaban J connectivity index is 1.56. The Morgan fingerprint density at radius 1 is 0.744 bits per heavy atom. The number of hydrogen-bond acceptors (Lipinski definition) is 7. The molecule has 0 aliphatic heterocycles. The van der Waals surface area contributed by atoms with Crippen molar-refractivity contribution in [2.24, 2.45) is 0 Å². The number of nitro benzene ring substituents is 1. The summed E-state index contributed by atoms with van der Waals surface area (Å²) in [7, 11) is -8.41. The van der Waals surface area contributed by atoms with Gasteiger partial charge >= 0.3 is 0 Å². The number of sulfonamides is 2. The molecule has 0 saturated carbocycles. The van der Waals surface area contributed by atoms with Crippen molar-refractivity contribution in [1.82, 2.24) is 0 Å². The second-order valence-electron chi connectivity index (χ2n) is 8.12. The monoisotopic (exact) mass is 566 g/mol. The Bertz CT molecular complexity index is 1700. The molecule has 4 rings (SSSR count). The van der Waals surface area contributed by atoms with Crippen molar-refractivity contribution in [2.75, 3.05) is 20.9 Å². The lowest BCUT2D eigenvalue weighted by atomic mass is 10.3. The predicted octanol–water partition coefficient (Wildman–Crippen LogP) is 4.23. The lowest BCUT2D eigenvalue weighted by Gasteiger charge is -2.24. The fourth-order valence-electron chi connectivity index (χ4n) is 3.62. The van der Waals surface area contributed by atoms with E-state index in [2.05, 4.69) is 10.0 Å². The maximum absolute atomic E-state index is 13.5. The second kappa shape index (κ2) is 11.3. The van der Waals surface area contributed by atoms with Crippen LogP contribution in [-0.2, 0) is 24.8 Å². The van der Waals surface area contributed by atoms with Crippen molar-refractivity contribution in [2.45, 2.75) is 9.79 Å². The van der Waals surface area contributed by atoms with Crippen LogP contribution in [-0.4, -0.2) is 34.2 Å². The molecule has 0 aliphatic rings. The van der Waals surface area contributed by atoms with Crippen molar-refractivity contribution in [3.05, 3.63) is 119 Å². The third-order valence-electron chi connectivity index (χ3n) is 5.44. The first-order valence-electron chi connectivity index (χ1n) is 11.4. The van der Waals surface area contributed by atoms with Crippen LogP contribution in [0.5, 0.6) is 0 Å². The van der Waals surface area contributed by atoms with Gasteiger partial charge in [-0.05, 0) is 54.6 Å². The molecule has 0 heterocycles. The van der Waals surface area contributed by atoms with Crippen LogP contribution in [0.3, 0.4) is 0 Å². The van der Waals surface area contributed by atoms with Crippen molar-refractivity contribution >= 4 is 48.7 Å². The fraction of sp³-hybridized carbons (Fsp3) is 0.0385. The molecule has 0 radical (unpaired) electrons. The van der Waals surface area contributed by atoms with Crippen LogP contribution in [0.25, 0.3) is 0 Å². The number of carbonyl (C=O) groups is 1. The molecule has 200 valence electrons. The quantitative estimate of drug-likeness (QED) is 0.215. The summed E-state index contributed by atoms with van der Waals surface area (Å²) >= 11 is 0. The van der Waals surface area contributed by atoms with Crippen LogP contribution in [0.15, 0.2) is 119 Å². The lowest BCUT2D eigenvalue weighted by Crippen LogP contribution is -2.38. The Morgan fingerprint density at radius 3 is 1.92 bits per heavy atom. The molecule has 13 heteroatoms. The number of hydrogen-bond donors (Lipinski definition) is 2. The van der Waals surface area contributed by atoms with E-state index in [0.29, 0.717) is 5.69 Å². The van der Waals surface area contributed by atoms with Crippen LogP contribution in [0, 0.1) is 10.1 Å². The molecule has 11 nitrogen and oxygen atoms in total. The van der Waals surface area contributed by atoms with Crippen molar-refractivity contribution in [3.63, 3.8) is 0 Å². The normalized spacial score (nSPS) is 11.4.